The summed E-state index contributed by atoms with van der Waals surface area (Å²) in [4.78, 5) is 6.51. The number of aromatic nitrogens is 1. The molecular weight excluding hydrogens is 274 g/mol. The van der Waals surface area contributed by atoms with E-state index in [-0.39, 0.29) is 0 Å². The van der Waals surface area contributed by atoms with Crippen LogP contribution in [0.4, 0.5) is 0 Å². The van der Waals surface area contributed by atoms with E-state index < -0.39 is 0 Å². The predicted molar refractivity (Wildman–Crippen MR) is 95.4 cm³/mol. The minimum Gasteiger partial charge on any atom is -0.356 e. The van der Waals surface area contributed by atoms with E-state index in [0.29, 0.717) is 0 Å². The maximum atomic E-state index is 4.25. The predicted octanol–water partition coefficient (Wildman–Crippen LogP) is 2.17. The minimum absolute atomic E-state index is 0.888. The molecule has 1 rings (SSSR count). The van der Waals surface area contributed by atoms with Crippen molar-refractivity contribution in [3.05, 3.63) is 24.5 Å². The number of hydrogen-bond donors (Lipinski definition) is 2. The van der Waals surface area contributed by atoms with E-state index in [2.05, 4.69) is 51.6 Å². The highest BCUT2D eigenvalue weighted by Gasteiger charge is 1.97. The summed E-state index contributed by atoms with van der Waals surface area (Å²) in [6.07, 6.45) is 10.6. The fourth-order valence-corrected chi connectivity index (χ4v) is 2.33. The van der Waals surface area contributed by atoms with E-state index in [1.165, 1.54) is 38.6 Å². The SMILES string of the molecule is CN=C(NCCCCCCCN(C)C)NCCn1cccc1. The summed E-state index contributed by atoms with van der Waals surface area (Å²) < 4.78 is 2.16. The number of nitrogens with one attached hydrogen (secondary N) is 2. The van der Waals surface area contributed by atoms with Crippen LogP contribution in [0.1, 0.15) is 32.1 Å². The molecule has 0 radical (unpaired) electrons. The summed E-state index contributed by atoms with van der Waals surface area (Å²) in [5, 5.41) is 6.72. The Morgan fingerprint density at radius 1 is 0.955 bits per heavy atom. The molecule has 0 aliphatic carbocycles. The molecule has 0 amide bonds. The van der Waals surface area contributed by atoms with Gasteiger partial charge in [0.15, 0.2) is 5.96 Å². The third kappa shape index (κ3) is 9.45. The first-order valence-corrected chi connectivity index (χ1v) is 8.42. The fraction of sp³-hybridized carbons (Fsp3) is 0.706. The Labute approximate surface area is 135 Å². The number of nitrogens with zero attached hydrogens (tertiary/aromatic N) is 3. The van der Waals surface area contributed by atoms with Crippen LogP contribution < -0.4 is 10.6 Å². The van der Waals surface area contributed by atoms with Gasteiger partial charge in [0.05, 0.1) is 0 Å². The van der Waals surface area contributed by atoms with Crippen LogP contribution in [-0.2, 0) is 6.54 Å². The van der Waals surface area contributed by atoms with Gasteiger partial charge in [0, 0.05) is 39.1 Å². The van der Waals surface area contributed by atoms with Crippen molar-refractivity contribution in [3.63, 3.8) is 0 Å². The molecule has 0 aromatic carbocycles. The molecule has 0 atom stereocenters. The van der Waals surface area contributed by atoms with Crippen molar-refractivity contribution in [2.75, 3.05) is 40.8 Å². The smallest absolute Gasteiger partial charge is 0.191 e. The van der Waals surface area contributed by atoms with Crippen LogP contribution in [0.2, 0.25) is 0 Å². The summed E-state index contributed by atoms with van der Waals surface area (Å²) >= 11 is 0. The molecule has 5 nitrogen and oxygen atoms in total. The molecule has 0 saturated carbocycles. The highest BCUT2D eigenvalue weighted by atomic mass is 15.2. The number of aliphatic imine (C=N–C) groups is 1. The van der Waals surface area contributed by atoms with Gasteiger partial charge in [0.25, 0.3) is 0 Å². The fourth-order valence-electron chi connectivity index (χ4n) is 2.33. The average molecular weight is 307 g/mol. The van der Waals surface area contributed by atoms with E-state index in [4.69, 9.17) is 0 Å². The Bertz CT molecular complexity index is 384. The maximum absolute atomic E-state index is 4.25. The van der Waals surface area contributed by atoms with Crippen molar-refractivity contribution < 1.29 is 0 Å². The largest absolute Gasteiger partial charge is 0.356 e. The van der Waals surface area contributed by atoms with Gasteiger partial charge in [-0.25, -0.2) is 0 Å². The van der Waals surface area contributed by atoms with E-state index in [0.717, 1.165) is 25.6 Å². The molecule has 0 unspecified atom stereocenters. The molecule has 126 valence electrons. The van der Waals surface area contributed by atoms with Crippen molar-refractivity contribution >= 4 is 5.96 Å². The van der Waals surface area contributed by atoms with Crippen molar-refractivity contribution in [2.45, 2.75) is 38.6 Å². The van der Waals surface area contributed by atoms with Crippen molar-refractivity contribution in [3.8, 4) is 0 Å². The number of hydrogen-bond acceptors (Lipinski definition) is 2. The van der Waals surface area contributed by atoms with Crippen LogP contribution in [0, 0.1) is 0 Å². The van der Waals surface area contributed by atoms with Crippen molar-refractivity contribution in [2.24, 2.45) is 4.99 Å². The van der Waals surface area contributed by atoms with Gasteiger partial charge >= 0.3 is 0 Å². The van der Waals surface area contributed by atoms with Gasteiger partial charge in [-0.3, -0.25) is 4.99 Å². The highest BCUT2D eigenvalue weighted by molar-refractivity contribution is 5.79. The quantitative estimate of drug-likeness (QED) is 0.374. The first kappa shape index (κ1) is 18.6. The first-order chi connectivity index (χ1) is 10.7. The van der Waals surface area contributed by atoms with Crippen LogP contribution in [-0.4, -0.2) is 56.2 Å². The highest BCUT2D eigenvalue weighted by Crippen LogP contribution is 2.02. The van der Waals surface area contributed by atoms with Crippen LogP contribution in [0.25, 0.3) is 0 Å². The zero-order chi connectivity index (χ0) is 16.0. The third-order valence-electron chi connectivity index (χ3n) is 3.63. The second kappa shape index (κ2) is 12.1. The Morgan fingerprint density at radius 2 is 1.59 bits per heavy atom. The lowest BCUT2D eigenvalue weighted by Gasteiger charge is -2.12. The molecule has 2 N–H and O–H groups in total. The molecule has 5 heteroatoms. The standard InChI is InChI=1S/C17H33N5/c1-18-17(20-12-16-22-14-9-10-15-22)19-11-7-5-4-6-8-13-21(2)3/h9-10,14-15H,4-8,11-13,16H2,1-3H3,(H2,18,19,20). The monoisotopic (exact) mass is 307 g/mol. The lowest BCUT2D eigenvalue weighted by atomic mass is 10.1. The summed E-state index contributed by atoms with van der Waals surface area (Å²) in [5.41, 5.74) is 0. The normalized spacial score (nSPS) is 11.9. The molecule has 1 aromatic heterocycles. The van der Waals surface area contributed by atoms with E-state index >= 15 is 0 Å². The second-order valence-electron chi connectivity index (χ2n) is 5.92. The van der Waals surface area contributed by atoms with Gasteiger partial charge in [-0.1, -0.05) is 19.3 Å². The lowest BCUT2D eigenvalue weighted by Crippen LogP contribution is -2.39. The Hall–Kier alpha value is -1.49. The number of rotatable bonds is 11. The molecule has 1 heterocycles. The molecule has 22 heavy (non-hydrogen) atoms. The molecule has 0 bridgehead atoms. The van der Waals surface area contributed by atoms with Gasteiger partial charge in [-0.05, 0) is 45.6 Å². The van der Waals surface area contributed by atoms with Crippen molar-refractivity contribution in [1.29, 1.82) is 0 Å². The van der Waals surface area contributed by atoms with E-state index in [1.54, 1.807) is 0 Å². The third-order valence-corrected chi connectivity index (χ3v) is 3.63. The van der Waals surface area contributed by atoms with E-state index in [1.807, 2.05) is 19.2 Å². The summed E-state index contributed by atoms with van der Waals surface area (Å²) in [7, 11) is 6.10. The van der Waals surface area contributed by atoms with Crippen molar-refractivity contribution in [1.82, 2.24) is 20.1 Å². The second-order valence-corrected chi connectivity index (χ2v) is 5.92. The van der Waals surface area contributed by atoms with Gasteiger partial charge in [0.2, 0.25) is 0 Å². The molecule has 0 fully saturated rings. The Morgan fingerprint density at radius 3 is 2.27 bits per heavy atom. The zero-order valence-corrected chi connectivity index (χ0v) is 14.5. The molecule has 1 aromatic rings. The van der Waals surface area contributed by atoms with E-state index in [9.17, 15) is 0 Å². The topological polar surface area (TPSA) is 44.6 Å². The summed E-state index contributed by atoms with van der Waals surface area (Å²) in [5.74, 6) is 0.903. The Balaban J connectivity index is 1.95. The zero-order valence-electron chi connectivity index (χ0n) is 14.5. The average Bonchev–Trinajstić information content (AvgIpc) is 3.01. The minimum atomic E-state index is 0.888. The van der Waals surface area contributed by atoms with Crippen LogP contribution in [0.5, 0.6) is 0 Å². The van der Waals surface area contributed by atoms with Gasteiger partial charge in [0.1, 0.15) is 0 Å². The van der Waals surface area contributed by atoms with Gasteiger partial charge in [-0.15, -0.1) is 0 Å². The van der Waals surface area contributed by atoms with Crippen LogP contribution in [0.3, 0.4) is 0 Å². The first-order valence-electron chi connectivity index (χ1n) is 8.42. The summed E-state index contributed by atoms with van der Waals surface area (Å²) in [6, 6.07) is 4.09. The molecular formula is C17H33N5. The van der Waals surface area contributed by atoms with Gasteiger partial charge < -0.3 is 20.1 Å². The van der Waals surface area contributed by atoms with Gasteiger partial charge in [-0.2, -0.15) is 0 Å². The van der Waals surface area contributed by atoms with Crippen LogP contribution >= 0.6 is 0 Å². The molecule has 0 saturated heterocycles. The molecule has 0 aliphatic rings. The summed E-state index contributed by atoms with van der Waals surface area (Å²) in [6.45, 7) is 4.05. The molecule has 0 spiro atoms. The van der Waals surface area contributed by atoms with Crippen LogP contribution in [0.15, 0.2) is 29.5 Å². The lowest BCUT2D eigenvalue weighted by molar-refractivity contribution is 0.389. The molecule has 0 aliphatic heterocycles. The Kier molecular flexibility index (Phi) is 10.2. The number of guanidine groups is 1. The number of unbranched alkanes of at least 4 members (excludes halogenated alkanes) is 4. The maximum Gasteiger partial charge on any atom is 0.191 e.